The molecule has 1 heterocycles. The minimum absolute atomic E-state index is 0.135. The van der Waals surface area contributed by atoms with E-state index in [0.29, 0.717) is 19.3 Å². The molecular weight excluding hydrogens is 218 g/mol. The van der Waals surface area contributed by atoms with Gasteiger partial charge in [-0.25, -0.2) is 0 Å². The molecule has 1 aromatic carbocycles. The standard InChI is InChI=1S/C13H15NO3/c1-17-11-5-3-2-4-9(11)8-10-6-7-12(15)14-13(10)16/h2-5,10H,6-8H2,1H3,(H,14,15,16). The van der Waals surface area contributed by atoms with Crippen molar-refractivity contribution in [3.63, 3.8) is 0 Å². The molecule has 1 atom stereocenters. The maximum Gasteiger partial charge on any atom is 0.230 e. The highest BCUT2D eigenvalue weighted by Crippen LogP contribution is 2.24. The quantitative estimate of drug-likeness (QED) is 0.800. The van der Waals surface area contributed by atoms with Crippen LogP contribution in [-0.2, 0) is 16.0 Å². The van der Waals surface area contributed by atoms with Crippen LogP contribution in [-0.4, -0.2) is 18.9 Å². The van der Waals surface area contributed by atoms with Gasteiger partial charge in [0, 0.05) is 12.3 Å². The van der Waals surface area contributed by atoms with Gasteiger partial charge in [-0.05, 0) is 24.5 Å². The Hall–Kier alpha value is -1.84. The first-order chi connectivity index (χ1) is 8.20. The highest BCUT2D eigenvalue weighted by Gasteiger charge is 2.27. The zero-order chi connectivity index (χ0) is 12.3. The van der Waals surface area contributed by atoms with Crippen LogP contribution in [0.1, 0.15) is 18.4 Å². The average molecular weight is 233 g/mol. The first kappa shape index (κ1) is 11.6. The Morgan fingerprint density at radius 2 is 2.12 bits per heavy atom. The van der Waals surface area contributed by atoms with Crippen molar-refractivity contribution in [2.24, 2.45) is 5.92 Å². The second-order valence-electron chi connectivity index (χ2n) is 4.16. The zero-order valence-corrected chi connectivity index (χ0v) is 9.73. The summed E-state index contributed by atoms with van der Waals surface area (Å²) in [5, 5.41) is 2.37. The van der Waals surface area contributed by atoms with E-state index in [1.54, 1.807) is 7.11 Å². The molecule has 1 N–H and O–H groups in total. The van der Waals surface area contributed by atoms with Crippen molar-refractivity contribution in [2.75, 3.05) is 7.11 Å². The van der Waals surface area contributed by atoms with E-state index in [9.17, 15) is 9.59 Å². The minimum atomic E-state index is -0.175. The number of carbonyl (C=O) groups is 2. The number of methoxy groups -OCH3 is 1. The lowest BCUT2D eigenvalue weighted by molar-refractivity contribution is -0.136. The van der Waals surface area contributed by atoms with E-state index in [2.05, 4.69) is 5.32 Å². The fraction of sp³-hybridized carbons (Fsp3) is 0.385. The average Bonchev–Trinajstić information content (AvgIpc) is 2.33. The molecular formula is C13H15NO3. The molecule has 4 nitrogen and oxygen atoms in total. The van der Waals surface area contributed by atoms with Gasteiger partial charge in [0.2, 0.25) is 11.8 Å². The van der Waals surface area contributed by atoms with Crippen molar-refractivity contribution in [3.05, 3.63) is 29.8 Å². The van der Waals surface area contributed by atoms with E-state index < -0.39 is 0 Å². The predicted molar refractivity (Wildman–Crippen MR) is 62.6 cm³/mol. The number of imide groups is 1. The molecule has 2 rings (SSSR count). The summed E-state index contributed by atoms with van der Waals surface area (Å²) in [6, 6.07) is 7.64. The van der Waals surface area contributed by atoms with E-state index in [1.807, 2.05) is 24.3 Å². The lowest BCUT2D eigenvalue weighted by Gasteiger charge is -2.21. The smallest absolute Gasteiger partial charge is 0.230 e. The van der Waals surface area contributed by atoms with Crippen LogP contribution in [0.25, 0.3) is 0 Å². The molecule has 90 valence electrons. The van der Waals surface area contributed by atoms with Gasteiger partial charge in [-0.2, -0.15) is 0 Å². The van der Waals surface area contributed by atoms with Crippen LogP contribution in [0, 0.1) is 5.92 Å². The second-order valence-corrected chi connectivity index (χ2v) is 4.16. The number of para-hydroxylation sites is 1. The number of nitrogens with one attached hydrogen (secondary N) is 1. The predicted octanol–water partition coefficient (Wildman–Crippen LogP) is 1.29. The number of ether oxygens (including phenoxy) is 1. The van der Waals surface area contributed by atoms with E-state index >= 15 is 0 Å². The molecule has 1 saturated heterocycles. The van der Waals surface area contributed by atoms with Crippen LogP contribution in [0.4, 0.5) is 0 Å². The summed E-state index contributed by atoms with van der Waals surface area (Å²) in [6.07, 6.45) is 1.65. The van der Waals surface area contributed by atoms with Crippen molar-refractivity contribution in [1.29, 1.82) is 0 Å². The minimum Gasteiger partial charge on any atom is -0.496 e. The number of carbonyl (C=O) groups excluding carboxylic acids is 2. The topological polar surface area (TPSA) is 55.4 Å². The summed E-state index contributed by atoms with van der Waals surface area (Å²) in [5.74, 6) is 0.305. The van der Waals surface area contributed by atoms with E-state index in [0.717, 1.165) is 11.3 Å². The molecule has 0 spiro atoms. The molecule has 4 heteroatoms. The van der Waals surface area contributed by atoms with Crippen LogP contribution >= 0.6 is 0 Å². The molecule has 0 radical (unpaired) electrons. The summed E-state index contributed by atoms with van der Waals surface area (Å²) in [5.41, 5.74) is 1.00. The Kier molecular flexibility index (Phi) is 3.42. The SMILES string of the molecule is COc1ccccc1CC1CCC(=O)NC1=O. The van der Waals surface area contributed by atoms with Gasteiger partial charge in [0.1, 0.15) is 5.75 Å². The summed E-state index contributed by atoms with van der Waals surface area (Å²) in [7, 11) is 1.61. The Balaban J connectivity index is 2.10. The maximum atomic E-state index is 11.6. The molecule has 1 aliphatic heterocycles. The van der Waals surface area contributed by atoms with Crippen molar-refractivity contribution in [3.8, 4) is 5.75 Å². The first-order valence-corrected chi connectivity index (χ1v) is 5.66. The summed E-state index contributed by atoms with van der Waals surface area (Å²) < 4.78 is 5.24. The third-order valence-electron chi connectivity index (χ3n) is 3.01. The third-order valence-corrected chi connectivity index (χ3v) is 3.01. The number of amides is 2. The molecule has 1 unspecified atom stereocenters. The number of piperidine rings is 1. The van der Waals surface area contributed by atoms with Gasteiger partial charge in [-0.3, -0.25) is 14.9 Å². The fourth-order valence-corrected chi connectivity index (χ4v) is 2.07. The monoisotopic (exact) mass is 233 g/mol. The number of benzene rings is 1. The van der Waals surface area contributed by atoms with Crippen molar-refractivity contribution < 1.29 is 14.3 Å². The molecule has 1 fully saturated rings. The highest BCUT2D eigenvalue weighted by atomic mass is 16.5. The number of rotatable bonds is 3. The summed E-state index contributed by atoms with van der Waals surface area (Å²) in [6.45, 7) is 0. The largest absolute Gasteiger partial charge is 0.496 e. The van der Waals surface area contributed by atoms with Gasteiger partial charge < -0.3 is 4.74 Å². The Morgan fingerprint density at radius 3 is 2.82 bits per heavy atom. The van der Waals surface area contributed by atoms with Crippen molar-refractivity contribution in [2.45, 2.75) is 19.3 Å². The van der Waals surface area contributed by atoms with Gasteiger partial charge in [-0.1, -0.05) is 18.2 Å². The van der Waals surface area contributed by atoms with Crippen molar-refractivity contribution >= 4 is 11.8 Å². The van der Waals surface area contributed by atoms with E-state index in [1.165, 1.54) is 0 Å². The van der Waals surface area contributed by atoms with Gasteiger partial charge in [0.05, 0.1) is 7.11 Å². The normalized spacial score (nSPS) is 19.9. The van der Waals surface area contributed by atoms with Gasteiger partial charge in [-0.15, -0.1) is 0 Å². The molecule has 2 amide bonds. The summed E-state index contributed by atoms with van der Waals surface area (Å²) in [4.78, 5) is 22.7. The van der Waals surface area contributed by atoms with Crippen LogP contribution < -0.4 is 10.1 Å². The van der Waals surface area contributed by atoms with Crippen LogP contribution in [0.15, 0.2) is 24.3 Å². The molecule has 1 aromatic rings. The van der Waals surface area contributed by atoms with Crippen LogP contribution in [0.5, 0.6) is 5.75 Å². The summed E-state index contributed by atoms with van der Waals surface area (Å²) >= 11 is 0. The third kappa shape index (κ3) is 2.64. The molecule has 0 aromatic heterocycles. The molecule has 1 aliphatic rings. The lowest BCUT2D eigenvalue weighted by atomic mass is 9.91. The zero-order valence-electron chi connectivity index (χ0n) is 9.73. The second kappa shape index (κ2) is 4.99. The van der Waals surface area contributed by atoms with Crippen LogP contribution in [0.3, 0.4) is 0 Å². The van der Waals surface area contributed by atoms with E-state index in [-0.39, 0.29) is 17.7 Å². The van der Waals surface area contributed by atoms with Crippen molar-refractivity contribution in [1.82, 2.24) is 5.32 Å². The fourth-order valence-electron chi connectivity index (χ4n) is 2.07. The van der Waals surface area contributed by atoms with Gasteiger partial charge >= 0.3 is 0 Å². The first-order valence-electron chi connectivity index (χ1n) is 5.66. The van der Waals surface area contributed by atoms with Gasteiger partial charge in [0.25, 0.3) is 0 Å². The number of hydrogen-bond donors (Lipinski definition) is 1. The molecule has 0 aliphatic carbocycles. The molecule has 0 bridgehead atoms. The Bertz CT molecular complexity index is 442. The van der Waals surface area contributed by atoms with E-state index in [4.69, 9.17) is 4.74 Å². The highest BCUT2D eigenvalue weighted by molar-refractivity contribution is 5.98. The molecule has 0 saturated carbocycles. The maximum absolute atomic E-state index is 11.6. The number of hydrogen-bond acceptors (Lipinski definition) is 3. The Morgan fingerprint density at radius 1 is 1.35 bits per heavy atom. The molecule has 17 heavy (non-hydrogen) atoms. The Labute approximate surface area is 100.0 Å². The van der Waals surface area contributed by atoms with Crippen LogP contribution in [0.2, 0.25) is 0 Å². The van der Waals surface area contributed by atoms with Gasteiger partial charge in [0.15, 0.2) is 0 Å². The lowest BCUT2D eigenvalue weighted by Crippen LogP contribution is -2.41.